The van der Waals surface area contributed by atoms with Crippen LogP contribution < -0.4 is 0 Å². The van der Waals surface area contributed by atoms with Crippen LogP contribution in [-0.2, 0) is 0 Å². The molecule has 1 fully saturated rings. The third-order valence-electron chi connectivity index (χ3n) is 4.38. The van der Waals surface area contributed by atoms with Crippen molar-refractivity contribution in [2.45, 2.75) is 33.6 Å². The Balaban J connectivity index is 2.31. The van der Waals surface area contributed by atoms with Crippen molar-refractivity contribution in [3.63, 3.8) is 0 Å². The first-order chi connectivity index (χ1) is 4.61. The molecule has 2 rings (SSSR count). The van der Waals surface area contributed by atoms with E-state index in [0.29, 0.717) is 10.8 Å². The van der Waals surface area contributed by atoms with Crippen molar-refractivity contribution in [1.29, 1.82) is 0 Å². The van der Waals surface area contributed by atoms with Crippen molar-refractivity contribution < 1.29 is 0 Å². The standard InChI is InChI=1S/C10H16/c1-8-9(2)6-4-5-7-10(8,9)3/h4-5,8H,6-7H2,1-3H3/t8?,9-,10+. The molecule has 0 aromatic carbocycles. The van der Waals surface area contributed by atoms with Gasteiger partial charge in [0, 0.05) is 0 Å². The van der Waals surface area contributed by atoms with Crippen molar-refractivity contribution in [2.24, 2.45) is 16.7 Å². The molecule has 0 radical (unpaired) electrons. The monoisotopic (exact) mass is 136 g/mol. The van der Waals surface area contributed by atoms with Crippen molar-refractivity contribution >= 4 is 0 Å². The van der Waals surface area contributed by atoms with Gasteiger partial charge in [0.1, 0.15) is 0 Å². The summed E-state index contributed by atoms with van der Waals surface area (Å²) < 4.78 is 0. The molecule has 0 bridgehead atoms. The zero-order valence-corrected chi connectivity index (χ0v) is 7.15. The van der Waals surface area contributed by atoms with Crippen molar-refractivity contribution in [3.05, 3.63) is 12.2 Å². The van der Waals surface area contributed by atoms with Crippen LogP contribution in [0.3, 0.4) is 0 Å². The van der Waals surface area contributed by atoms with Crippen LogP contribution in [0.15, 0.2) is 12.2 Å². The summed E-state index contributed by atoms with van der Waals surface area (Å²) in [4.78, 5) is 0. The van der Waals surface area contributed by atoms with Crippen LogP contribution in [0.2, 0.25) is 0 Å². The lowest BCUT2D eigenvalue weighted by molar-refractivity contribution is 0.380. The molecule has 1 saturated carbocycles. The van der Waals surface area contributed by atoms with Gasteiger partial charge in [0.2, 0.25) is 0 Å². The van der Waals surface area contributed by atoms with E-state index in [-0.39, 0.29) is 0 Å². The lowest BCUT2D eigenvalue weighted by Gasteiger charge is -2.18. The third kappa shape index (κ3) is 0.457. The highest BCUT2D eigenvalue weighted by Gasteiger charge is 2.67. The van der Waals surface area contributed by atoms with Gasteiger partial charge in [-0.15, -0.1) is 0 Å². The molecule has 0 saturated heterocycles. The zero-order chi connectivity index (χ0) is 7.41. The molecule has 1 unspecified atom stereocenters. The van der Waals surface area contributed by atoms with Gasteiger partial charge in [-0.1, -0.05) is 32.9 Å². The summed E-state index contributed by atoms with van der Waals surface area (Å²) in [5.74, 6) is 0.940. The van der Waals surface area contributed by atoms with Gasteiger partial charge in [0.15, 0.2) is 0 Å². The average Bonchev–Trinajstić information content (AvgIpc) is 2.35. The maximum absolute atomic E-state index is 2.43. The summed E-state index contributed by atoms with van der Waals surface area (Å²) in [5, 5.41) is 0. The Morgan fingerprint density at radius 1 is 1.10 bits per heavy atom. The van der Waals surface area contributed by atoms with Crippen LogP contribution in [0.5, 0.6) is 0 Å². The number of rotatable bonds is 0. The molecule has 0 heterocycles. The van der Waals surface area contributed by atoms with E-state index in [1.807, 2.05) is 0 Å². The van der Waals surface area contributed by atoms with Crippen LogP contribution in [0.25, 0.3) is 0 Å². The average molecular weight is 136 g/mol. The molecule has 10 heavy (non-hydrogen) atoms. The molecule has 0 N–H and O–H groups in total. The highest BCUT2D eigenvalue weighted by molar-refractivity contribution is 5.22. The molecule has 56 valence electrons. The Labute approximate surface area is 63.3 Å². The lowest BCUT2D eigenvalue weighted by Crippen LogP contribution is -2.08. The Kier molecular flexibility index (Phi) is 0.962. The summed E-state index contributed by atoms with van der Waals surface area (Å²) in [5.41, 5.74) is 1.31. The summed E-state index contributed by atoms with van der Waals surface area (Å²) in [6.45, 7) is 7.26. The smallest absolute Gasteiger partial charge is 0.0201 e. The van der Waals surface area contributed by atoms with E-state index in [4.69, 9.17) is 0 Å². The molecule has 0 aliphatic heterocycles. The Morgan fingerprint density at radius 2 is 1.50 bits per heavy atom. The fourth-order valence-electron chi connectivity index (χ4n) is 2.72. The minimum Gasteiger partial charge on any atom is -0.0879 e. The van der Waals surface area contributed by atoms with Crippen molar-refractivity contribution in [2.75, 3.05) is 0 Å². The second-order valence-corrected chi connectivity index (χ2v) is 4.44. The first kappa shape index (κ1) is 6.45. The molecule has 2 aliphatic rings. The summed E-state index contributed by atoms with van der Waals surface area (Å²) in [6.07, 6.45) is 7.33. The van der Waals surface area contributed by atoms with Gasteiger partial charge in [0.05, 0.1) is 0 Å². The largest absolute Gasteiger partial charge is 0.0879 e. The molecule has 0 heteroatoms. The van der Waals surface area contributed by atoms with Gasteiger partial charge in [-0.3, -0.25) is 0 Å². The molecule has 0 spiro atoms. The number of fused-ring (bicyclic) bond motifs is 1. The predicted molar refractivity (Wildman–Crippen MR) is 43.8 cm³/mol. The molecular weight excluding hydrogens is 120 g/mol. The van der Waals surface area contributed by atoms with Gasteiger partial charge in [0.25, 0.3) is 0 Å². The van der Waals surface area contributed by atoms with E-state index in [1.54, 1.807) is 0 Å². The van der Waals surface area contributed by atoms with Crippen LogP contribution in [0, 0.1) is 16.7 Å². The van der Waals surface area contributed by atoms with Crippen LogP contribution in [-0.4, -0.2) is 0 Å². The summed E-state index contributed by atoms with van der Waals surface area (Å²) >= 11 is 0. The molecule has 0 aromatic heterocycles. The van der Waals surface area contributed by atoms with Gasteiger partial charge >= 0.3 is 0 Å². The molecule has 0 nitrogen and oxygen atoms in total. The summed E-state index contributed by atoms with van der Waals surface area (Å²) in [7, 11) is 0. The van der Waals surface area contributed by atoms with E-state index in [2.05, 4.69) is 32.9 Å². The predicted octanol–water partition coefficient (Wildman–Crippen LogP) is 3.00. The van der Waals surface area contributed by atoms with Crippen LogP contribution >= 0.6 is 0 Å². The Hall–Kier alpha value is -0.260. The minimum atomic E-state index is 0.655. The number of hydrogen-bond acceptors (Lipinski definition) is 0. The maximum Gasteiger partial charge on any atom is -0.0201 e. The van der Waals surface area contributed by atoms with Crippen molar-refractivity contribution in [1.82, 2.24) is 0 Å². The van der Waals surface area contributed by atoms with Gasteiger partial charge < -0.3 is 0 Å². The highest BCUT2D eigenvalue weighted by atomic mass is 14.7. The van der Waals surface area contributed by atoms with Gasteiger partial charge in [-0.2, -0.15) is 0 Å². The topological polar surface area (TPSA) is 0 Å². The van der Waals surface area contributed by atoms with E-state index in [1.165, 1.54) is 12.8 Å². The maximum atomic E-state index is 2.43. The fourth-order valence-corrected chi connectivity index (χ4v) is 2.72. The van der Waals surface area contributed by atoms with Gasteiger partial charge in [-0.05, 0) is 29.6 Å². The second kappa shape index (κ2) is 1.49. The third-order valence-corrected chi connectivity index (χ3v) is 4.38. The minimum absolute atomic E-state index is 0.655. The van der Waals surface area contributed by atoms with E-state index in [9.17, 15) is 0 Å². The number of hydrogen-bond donors (Lipinski definition) is 0. The fraction of sp³-hybridized carbons (Fsp3) is 0.800. The normalized spacial score (nSPS) is 58.1. The van der Waals surface area contributed by atoms with Gasteiger partial charge in [-0.25, -0.2) is 0 Å². The van der Waals surface area contributed by atoms with Crippen molar-refractivity contribution in [3.8, 4) is 0 Å². The first-order valence-electron chi connectivity index (χ1n) is 4.26. The lowest BCUT2D eigenvalue weighted by atomic mass is 9.86. The highest BCUT2D eigenvalue weighted by Crippen LogP contribution is 2.73. The first-order valence-corrected chi connectivity index (χ1v) is 4.26. The molecular formula is C10H16. The Morgan fingerprint density at radius 3 is 1.80 bits per heavy atom. The van der Waals surface area contributed by atoms with Crippen LogP contribution in [0.4, 0.5) is 0 Å². The Bertz CT molecular complexity index is 172. The van der Waals surface area contributed by atoms with E-state index < -0.39 is 0 Å². The van der Waals surface area contributed by atoms with E-state index in [0.717, 1.165) is 5.92 Å². The number of allylic oxidation sites excluding steroid dienone is 2. The zero-order valence-electron chi connectivity index (χ0n) is 7.15. The van der Waals surface area contributed by atoms with E-state index >= 15 is 0 Å². The van der Waals surface area contributed by atoms with Crippen LogP contribution in [0.1, 0.15) is 33.6 Å². The molecule has 2 aliphatic carbocycles. The molecule has 0 aromatic rings. The summed E-state index contributed by atoms with van der Waals surface area (Å²) in [6, 6.07) is 0. The SMILES string of the molecule is CC1[C@]2(C)CC=CC[C@]12C. The molecule has 3 atom stereocenters. The quantitative estimate of drug-likeness (QED) is 0.449. The second-order valence-electron chi connectivity index (χ2n) is 4.44. The molecule has 0 amide bonds.